The molecule has 1 amide bonds. The summed E-state index contributed by atoms with van der Waals surface area (Å²) in [4.78, 5) is 20.1. The smallest absolute Gasteiger partial charge is 0.408 e. The van der Waals surface area contributed by atoms with E-state index in [0.717, 1.165) is 49.0 Å². The van der Waals surface area contributed by atoms with Crippen LogP contribution in [0.15, 0.2) is 36.8 Å². The molecular weight excluding hydrogens is 520 g/mol. The summed E-state index contributed by atoms with van der Waals surface area (Å²) in [6.07, 6.45) is 9.74. The highest BCUT2D eigenvalue weighted by molar-refractivity contribution is 5.85. The van der Waals surface area contributed by atoms with Crippen molar-refractivity contribution in [1.82, 2.24) is 19.9 Å². The number of alkyl carbamates (subject to hydrolysis) is 1. The number of amides is 1. The number of anilines is 1. The first-order valence-electron chi connectivity index (χ1n) is 14.3. The van der Waals surface area contributed by atoms with Crippen LogP contribution < -0.4 is 15.0 Å². The number of carbonyl (C=O) groups is 1. The van der Waals surface area contributed by atoms with E-state index in [2.05, 4.69) is 27.5 Å². The zero-order valence-corrected chi connectivity index (χ0v) is 24.3. The van der Waals surface area contributed by atoms with Crippen molar-refractivity contribution < 1.29 is 19.4 Å². The van der Waals surface area contributed by atoms with Crippen molar-refractivity contribution in [3.05, 3.63) is 42.4 Å². The molecule has 2 aliphatic heterocycles. The maximum Gasteiger partial charge on any atom is 0.408 e. The van der Waals surface area contributed by atoms with Crippen molar-refractivity contribution in [2.45, 2.75) is 95.5 Å². The van der Waals surface area contributed by atoms with Gasteiger partial charge in [-0.3, -0.25) is 0 Å². The summed E-state index contributed by atoms with van der Waals surface area (Å²) >= 11 is 0. The topological polar surface area (TPSA) is 125 Å². The number of nitriles is 1. The first kappa shape index (κ1) is 27.3. The molecule has 216 valence electrons. The third-order valence-electron chi connectivity index (χ3n) is 8.32. The van der Waals surface area contributed by atoms with E-state index in [1.807, 2.05) is 39.1 Å². The molecule has 3 aromatic rings. The van der Waals surface area contributed by atoms with Crippen LogP contribution in [0, 0.1) is 17.2 Å². The lowest BCUT2D eigenvalue weighted by atomic mass is 9.59. The number of nitrogens with zero attached hydrogens (tertiary/aromatic N) is 5. The van der Waals surface area contributed by atoms with Crippen molar-refractivity contribution in [2.24, 2.45) is 5.92 Å². The molecule has 3 aromatic heterocycles. The number of hydrogen-bond acceptors (Lipinski definition) is 8. The van der Waals surface area contributed by atoms with Crippen LogP contribution in [0.2, 0.25) is 0 Å². The summed E-state index contributed by atoms with van der Waals surface area (Å²) in [7, 11) is 0. The zero-order valence-electron chi connectivity index (χ0n) is 24.3. The molecule has 2 N–H and O–H groups in total. The molecule has 2 unspecified atom stereocenters. The first-order valence-corrected chi connectivity index (χ1v) is 14.3. The molecule has 4 fully saturated rings. The van der Waals surface area contributed by atoms with Gasteiger partial charge in [0.2, 0.25) is 0 Å². The molecule has 2 saturated heterocycles. The quantitative estimate of drug-likeness (QED) is 0.441. The van der Waals surface area contributed by atoms with Gasteiger partial charge in [-0.05, 0) is 90.8 Å². The van der Waals surface area contributed by atoms with Gasteiger partial charge in [-0.2, -0.15) is 10.4 Å². The Hall–Kier alpha value is -3.84. The maximum atomic E-state index is 12.7. The lowest BCUT2D eigenvalue weighted by molar-refractivity contribution is 0.0124. The highest BCUT2D eigenvalue weighted by Gasteiger charge is 2.55. The molecule has 10 heteroatoms. The number of pyridine rings is 2. The molecule has 0 spiro atoms. The molecule has 5 heterocycles. The number of aliphatic hydroxyl groups is 1. The van der Waals surface area contributed by atoms with Crippen molar-refractivity contribution >= 4 is 17.4 Å². The van der Waals surface area contributed by atoms with Gasteiger partial charge in [0.05, 0.1) is 29.1 Å². The number of piperidine rings is 2. The van der Waals surface area contributed by atoms with E-state index < -0.39 is 11.2 Å². The Bertz CT molecular complexity index is 1490. The van der Waals surface area contributed by atoms with Crippen molar-refractivity contribution in [3.63, 3.8) is 0 Å². The number of hydrogen-bond donors (Lipinski definition) is 2. The molecule has 0 aromatic carbocycles. The van der Waals surface area contributed by atoms with E-state index in [1.54, 1.807) is 30.8 Å². The predicted molar refractivity (Wildman–Crippen MR) is 154 cm³/mol. The minimum Gasteiger partial charge on any atom is -0.489 e. The average molecular weight is 559 g/mol. The third-order valence-corrected chi connectivity index (χ3v) is 8.32. The number of rotatable bonds is 6. The molecule has 4 bridgehead atoms. The second-order valence-electron chi connectivity index (χ2n) is 13.6. The summed E-state index contributed by atoms with van der Waals surface area (Å²) in [6, 6.07) is 8.80. The van der Waals surface area contributed by atoms with Crippen LogP contribution in [-0.4, -0.2) is 61.2 Å². The Kier molecular flexibility index (Phi) is 6.42. The Balaban J connectivity index is 1.26. The monoisotopic (exact) mass is 558 g/mol. The Labute approximate surface area is 240 Å². The fraction of sp³-hybridized carbons (Fsp3) is 0.548. The number of aromatic nitrogens is 3. The lowest BCUT2D eigenvalue weighted by Gasteiger charge is -2.61. The van der Waals surface area contributed by atoms with E-state index in [1.165, 1.54) is 0 Å². The van der Waals surface area contributed by atoms with Gasteiger partial charge in [0.15, 0.2) is 0 Å². The third kappa shape index (κ3) is 5.43. The largest absolute Gasteiger partial charge is 0.489 e. The van der Waals surface area contributed by atoms with E-state index in [4.69, 9.17) is 14.5 Å². The van der Waals surface area contributed by atoms with Crippen LogP contribution in [0.3, 0.4) is 0 Å². The highest BCUT2D eigenvalue weighted by atomic mass is 16.6. The summed E-state index contributed by atoms with van der Waals surface area (Å²) in [5, 5.41) is 27.5. The number of carbonyl (C=O) groups excluding carboxylic acids is 1. The lowest BCUT2D eigenvalue weighted by Crippen LogP contribution is -2.69. The molecule has 0 radical (unpaired) electrons. The second-order valence-corrected chi connectivity index (χ2v) is 13.6. The van der Waals surface area contributed by atoms with Crippen molar-refractivity contribution in [3.8, 4) is 22.9 Å². The highest BCUT2D eigenvalue weighted by Crippen LogP contribution is 2.52. The van der Waals surface area contributed by atoms with E-state index >= 15 is 0 Å². The molecule has 2 saturated carbocycles. The second kappa shape index (κ2) is 9.62. The number of fused-ring (bicyclic) bond motifs is 1. The van der Waals surface area contributed by atoms with Gasteiger partial charge >= 0.3 is 6.09 Å². The van der Waals surface area contributed by atoms with Gasteiger partial charge in [0.25, 0.3) is 0 Å². The molecule has 10 nitrogen and oxygen atoms in total. The minimum absolute atomic E-state index is 0.116. The Morgan fingerprint density at radius 3 is 2.51 bits per heavy atom. The van der Waals surface area contributed by atoms with Gasteiger partial charge in [0, 0.05) is 34.9 Å². The molecular formula is C31H38N6O4. The van der Waals surface area contributed by atoms with Crippen LogP contribution in [-0.2, 0) is 4.74 Å². The number of nitrogens with one attached hydrogen (secondary N) is 1. The Morgan fingerprint density at radius 2 is 1.90 bits per heavy atom. The van der Waals surface area contributed by atoms with Gasteiger partial charge in [0.1, 0.15) is 29.8 Å². The van der Waals surface area contributed by atoms with E-state index in [0.29, 0.717) is 34.8 Å². The fourth-order valence-electron chi connectivity index (χ4n) is 7.11. The predicted octanol–water partition coefficient (Wildman–Crippen LogP) is 4.83. The van der Waals surface area contributed by atoms with Crippen LogP contribution in [0.1, 0.15) is 72.3 Å². The maximum absolute atomic E-state index is 12.7. The van der Waals surface area contributed by atoms with E-state index in [-0.39, 0.29) is 18.2 Å². The van der Waals surface area contributed by atoms with E-state index in [9.17, 15) is 15.2 Å². The first-order chi connectivity index (χ1) is 19.3. The Morgan fingerprint density at radius 1 is 1.17 bits per heavy atom. The minimum atomic E-state index is -0.992. The van der Waals surface area contributed by atoms with Gasteiger partial charge in [-0.15, -0.1) is 0 Å². The SMILES string of the molecule is CC(C)(O)COc1cc(-c2ccc(N3C4CC5CC3CC(NC(=O)OC(C)(C)C)(C5)C4)nc2)c2c(C#N)cnn2c1. The molecule has 2 aliphatic carbocycles. The fourth-order valence-corrected chi connectivity index (χ4v) is 7.11. The summed E-state index contributed by atoms with van der Waals surface area (Å²) in [5.41, 5.74) is 1.04. The molecule has 4 aliphatic rings. The summed E-state index contributed by atoms with van der Waals surface area (Å²) in [5.74, 6) is 2.05. The standard InChI is InChI=1S/C31H38N6O4/c1-29(2,3)41-28(38)35-31-11-19-8-22(12-31)37(23(9-19)13-31)26-7-6-20(15-33-26)25-10-24(40-18-30(4,5)39)17-36-27(25)21(14-32)16-34-36/h6-7,10,15-17,19,22-23,39H,8-9,11-13,18H2,1-5H3,(H,35,38). The summed E-state index contributed by atoms with van der Waals surface area (Å²) < 4.78 is 13.1. The molecule has 7 rings (SSSR count). The number of ether oxygens (including phenoxy) is 2. The van der Waals surface area contributed by atoms with Crippen LogP contribution in [0.25, 0.3) is 16.6 Å². The van der Waals surface area contributed by atoms with Crippen LogP contribution in [0.5, 0.6) is 5.75 Å². The summed E-state index contributed by atoms with van der Waals surface area (Å²) in [6.45, 7) is 9.16. The van der Waals surface area contributed by atoms with Crippen molar-refractivity contribution in [2.75, 3.05) is 11.5 Å². The van der Waals surface area contributed by atoms with Crippen molar-refractivity contribution in [1.29, 1.82) is 5.26 Å². The molecule has 41 heavy (non-hydrogen) atoms. The van der Waals surface area contributed by atoms with Crippen LogP contribution in [0.4, 0.5) is 10.6 Å². The van der Waals surface area contributed by atoms with Gasteiger partial charge in [-0.1, -0.05) is 0 Å². The van der Waals surface area contributed by atoms with Gasteiger partial charge in [-0.25, -0.2) is 14.3 Å². The normalized spacial score (nSPS) is 25.3. The zero-order chi connectivity index (χ0) is 29.2. The van der Waals surface area contributed by atoms with Crippen LogP contribution >= 0.6 is 0 Å². The molecule has 2 atom stereocenters. The average Bonchev–Trinajstić information content (AvgIpc) is 3.28. The van der Waals surface area contributed by atoms with Gasteiger partial charge < -0.3 is 24.8 Å².